The number of ether oxygens (including phenoxy) is 1. The van der Waals surface area contributed by atoms with Gasteiger partial charge >= 0.3 is 5.97 Å². The van der Waals surface area contributed by atoms with Crippen LogP contribution in [0.1, 0.15) is 12.5 Å². The number of nitrogens with one attached hydrogen (secondary N) is 2. The molecule has 9 heteroatoms. The van der Waals surface area contributed by atoms with Crippen molar-refractivity contribution >= 4 is 35.9 Å². The van der Waals surface area contributed by atoms with E-state index in [1.807, 2.05) is 13.0 Å². The number of likely N-dealkylation sites (N-methyl/N-ethyl adjacent to an activating group) is 1. The Morgan fingerprint density at radius 2 is 1.92 bits per heavy atom. The Labute approximate surface area is 152 Å². The van der Waals surface area contributed by atoms with Gasteiger partial charge in [0.05, 0.1) is 25.9 Å². The first kappa shape index (κ1) is 22.7. The molecule has 140 valence electrons. The summed E-state index contributed by atoms with van der Waals surface area (Å²) < 4.78 is 5.16. The quantitative estimate of drug-likeness (QED) is 0.624. The molecular weight excluding hydrogens is 350 g/mol. The molecule has 0 aromatic heterocycles. The summed E-state index contributed by atoms with van der Waals surface area (Å²) in [5.74, 6) is -1.33. The van der Waals surface area contributed by atoms with Crippen LogP contribution >= 0.6 is 12.4 Å². The van der Waals surface area contributed by atoms with Crippen LogP contribution < -0.4 is 15.4 Å². The van der Waals surface area contributed by atoms with E-state index in [4.69, 9.17) is 9.84 Å². The van der Waals surface area contributed by atoms with Crippen molar-refractivity contribution in [3.63, 3.8) is 0 Å². The largest absolute Gasteiger partial charge is 0.495 e. The molecular formula is C16H24ClN3O5. The molecule has 0 saturated carbocycles. The molecule has 1 unspecified atom stereocenters. The molecule has 0 bridgehead atoms. The van der Waals surface area contributed by atoms with Crippen molar-refractivity contribution in [3.05, 3.63) is 23.8 Å². The van der Waals surface area contributed by atoms with Crippen molar-refractivity contribution < 1.29 is 24.2 Å². The number of carboxylic acid groups (broad SMARTS) is 1. The van der Waals surface area contributed by atoms with Crippen molar-refractivity contribution in [2.24, 2.45) is 0 Å². The molecule has 0 heterocycles. The van der Waals surface area contributed by atoms with E-state index < -0.39 is 23.8 Å². The van der Waals surface area contributed by atoms with Crippen LogP contribution in [0.4, 0.5) is 5.69 Å². The maximum Gasteiger partial charge on any atom is 0.320 e. The molecule has 0 aliphatic heterocycles. The average Bonchev–Trinajstić information content (AvgIpc) is 2.52. The highest BCUT2D eigenvalue weighted by Gasteiger charge is 2.19. The zero-order valence-electron chi connectivity index (χ0n) is 14.7. The molecule has 3 N–H and O–H groups in total. The Bertz CT molecular complexity index is 624. The lowest BCUT2D eigenvalue weighted by Gasteiger charge is -2.20. The number of anilines is 1. The summed E-state index contributed by atoms with van der Waals surface area (Å²) in [4.78, 5) is 35.9. The fraction of sp³-hybridized carbons (Fsp3) is 0.438. The minimum atomic E-state index is -1.02. The minimum Gasteiger partial charge on any atom is -0.495 e. The normalized spacial score (nSPS) is 11.2. The number of hydrogen-bond acceptors (Lipinski definition) is 5. The molecule has 25 heavy (non-hydrogen) atoms. The highest BCUT2D eigenvalue weighted by Crippen LogP contribution is 2.24. The second-order valence-corrected chi connectivity index (χ2v) is 5.46. The molecule has 0 saturated heterocycles. The summed E-state index contributed by atoms with van der Waals surface area (Å²) in [7, 11) is 3.03. The van der Waals surface area contributed by atoms with Crippen LogP contribution in [0, 0.1) is 6.92 Å². The molecule has 1 rings (SSSR count). The van der Waals surface area contributed by atoms with Crippen LogP contribution in [-0.2, 0) is 14.4 Å². The Hall–Kier alpha value is -2.32. The molecule has 1 atom stereocenters. The van der Waals surface area contributed by atoms with Crippen LogP contribution in [-0.4, -0.2) is 61.1 Å². The first-order valence-electron chi connectivity index (χ1n) is 7.38. The lowest BCUT2D eigenvalue weighted by atomic mass is 10.2. The van der Waals surface area contributed by atoms with Gasteiger partial charge < -0.3 is 20.5 Å². The van der Waals surface area contributed by atoms with Crippen LogP contribution in [0.15, 0.2) is 18.2 Å². The van der Waals surface area contributed by atoms with E-state index in [1.54, 1.807) is 12.1 Å². The maximum absolute atomic E-state index is 11.9. The van der Waals surface area contributed by atoms with E-state index in [9.17, 15) is 14.4 Å². The maximum atomic E-state index is 11.9. The van der Waals surface area contributed by atoms with Gasteiger partial charge in [0.2, 0.25) is 11.8 Å². The zero-order chi connectivity index (χ0) is 18.3. The highest BCUT2D eigenvalue weighted by atomic mass is 35.5. The lowest BCUT2D eigenvalue weighted by molar-refractivity contribution is -0.142. The summed E-state index contributed by atoms with van der Waals surface area (Å²) >= 11 is 0. The number of hydrogen-bond donors (Lipinski definition) is 3. The number of benzene rings is 1. The first-order valence-corrected chi connectivity index (χ1v) is 7.38. The Balaban J connectivity index is 0.00000576. The molecule has 1 aromatic carbocycles. The molecule has 2 amide bonds. The van der Waals surface area contributed by atoms with Crippen LogP contribution in [0.25, 0.3) is 0 Å². The van der Waals surface area contributed by atoms with Gasteiger partial charge in [-0.15, -0.1) is 12.4 Å². The number of rotatable bonds is 8. The van der Waals surface area contributed by atoms with Gasteiger partial charge in [-0.3, -0.25) is 19.3 Å². The molecule has 0 fully saturated rings. The van der Waals surface area contributed by atoms with Crippen LogP contribution in [0.3, 0.4) is 0 Å². The smallest absolute Gasteiger partial charge is 0.320 e. The molecule has 8 nitrogen and oxygen atoms in total. The molecule has 0 spiro atoms. The fourth-order valence-electron chi connectivity index (χ4n) is 1.90. The summed E-state index contributed by atoms with van der Waals surface area (Å²) in [5.41, 5.74) is 1.48. The summed E-state index contributed by atoms with van der Waals surface area (Å²) in [6.45, 7) is 3.03. The molecule has 0 radical (unpaired) electrons. The van der Waals surface area contributed by atoms with Gasteiger partial charge in [0.1, 0.15) is 11.8 Å². The van der Waals surface area contributed by atoms with E-state index in [-0.39, 0.29) is 25.5 Å². The average molecular weight is 374 g/mol. The number of methoxy groups -OCH3 is 1. The Kier molecular flexibility index (Phi) is 9.55. The number of nitrogens with zero attached hydrogens (tertiary/aromatic N) is 1. The van der Waals surface area contributed by atoms with Gasteiger partial charge in [0.15, 0.2) is 0 Å². The van der Waals surface area contributed by atoms with Gasteiger partial charge in [0.25, 0.3) is 0 Å². The van der Waals surface area contributed by atoms with E-state index in [1.165, 1.54) is 26.0 Å². The van der Waals surface area contributed by atoms with E-state index in [0.29, 0.717) is 11.4 Å². The van der Waals surface area contributed by atoms with Gasteiger partial charge in [0, 0.05) is 0 Å². The predicted molar refractivity (Wildman–Crippen MR) is 96.3 cm³/mol. The van der Waals surface area contributed by atoms with Gasteiger partial charge in [-0.25, -0.2) is 0 Å². The second-order valence-electron chi connectivity index (χ2n) is 5.46. The van der Waals surface area contributed by atoms with Crippen molar-refractivity contribution in [1.82, 2.24) is 10.2 Å². The van der Waals surface area contributed by atoms with Gasteiger partial charge in [-0.1, -0.05) is 6.07 Å². The number of aryl methyl sites for hydroxylation is 1. The standard InChI is InChI=1S/C16H23N3O5.ClH/c1-10-5-6-13(24-4)12(7-10)18-14(20)8-17-15(21)9-19(3)11(2)16(22)23;/h5-7,11H,8-9H2,1-4H3,(H,17,21)(H,18,20)(H,22,23);1H. The molecule has 0 aliphatic rings. The highest BCUT2D eigenvalue weighted by molar-refractivity contribution is 5.96. The lowest BCUT2D eigenvalue weighted by Crippen LogP contribution is -2.44. The molecule has 1 aromatic rings. The van der Waals surface area contributed by atoms with Gasteiger partial charge in [-0.2, -0.15) is 0 Å². The summed E-state index contributed by atoms with van der Waals surface area (Å²) in [6.07, 6.45) is 0. The number of carboxylic acids is 1. The number of carbonyl (C=O) groups excluding carboxylic acids is 2. The Morgan fingerprint density at radius 3 is 2.48 bits per heavy atom. The first-order chi connectivity index (χ1) is 11.2. The predicted octanol–water partition coefficient (Wildman–Crippen LogP) is 0.885. The van der Waals surface area contributed by atoms with Crippen LogP contribution in [0.2, 0.25) is 0 Å². The molecule has 0 aliphatic carbocycles. The zero-order valence-corrected chi connectivity index (χ0v) is 15.5. The third kappa shape index (κ3) is 7.40. The van der Waals surface area contributed by atoms with Crippen molar-refractivity contribution in [1.29, 1.82) is 0 Å². The Morgan fingerprint density at radius 1 is 1.28 bits per heavy atom. The second kappa shape index (κ2) is 10.5. The monoisotopic (exact) mass is 373 g/mol. The minimum absolute atomic E-state index is 0. The van der Waals surface area contributed by atoms with E-state index >= 15 is 0 Å². The van der Waals surface area contributed by atoms with E-state index in [2.05, 4.69) is 10.6 Å². The fourth-order valence-corrected chi connectivity index (χ4v) is 1.90. The number of aliphatic carboxylic acids is 1. The topological polar surface area (TPSA) is 108 Å². The van der Waals surface area contributed by atoms with Crippen LogP contribution in [0.5, 0.6) is 5.75 Å². The third-order valence-electron chi connectivity index (χ3n) is 3.49. The van der Waals surface area contributed by atoms with E-state index in [0.717, 1.165) is 5.56 Å². The van der Waals surface area contributed by atoms with Crippen molar-refractivity contribution in [2.75, 3.05) is 32.6 Å². The summed E-state index contributed by atoms with van der Waals surface area (Å²) in [5, 5.41) is 14.0. The summed E-state index contributed by atoms with van der Waals surface area (Å²) in [6, 6.07) is 4.57. The van der Waals surface area contributed by atoms with Crippen molar-refractivity contribution in [2.45, 2.75) is 19.9 Å². The van der Waals surface area contributed by atoms with Gasteiger partial charge in [-0.05, 0) is 38.6 Å². The number of halogens is 1. The third-order valence-corrected chi connectivity index (χ3v) is 3.49. The number of carbonyl (C=O) groups is 3. The number of amides is 2. The SMILES string of the molecule is COc1ccc(C)cc1NC(=O)CNC(=O)CN(C)C(C)C(=O)O.Cl. The van der Waals surface area contributed by atoms with Crippen molar-refractivity contribution in [3.8, 4) is 5.75 Å².